The molecule has 0 spiro atoms. The van der Waals surface area contributed by atoms with Crippen molar-refractivity contribution in [3.8, 4) is 0 Å². The summed E-state index contributed by atoms with van der Waals surface area (Å²) < 4.78 is 0. The first-order chi connectivity index (χ1) is 15.3. The van der Waals surface area contributed by atoms with Crippen molar-refractivity contribution in [3.63, 3.8) is 0 Å². The van der Waals surface area contributed by atoms with E-state index < -0.39 is 23.6 Å². The van der Waals surface area contributed by atoms with Crippen molar-refractivity contribution in [2.24, 2.45) is 0 Å². The van der Waals surface area contributed by atoms with Crippen LogP contribution in [0.25, 0.3) is 0 Å². The maximum absolute atomic E-state index is 12.2. The molecule has 14 heteroatoms. The van der Waals surface area contributed by atoms with Crippen LogP contribution in [0.5, 0.6) is 0 Å². The van der Waals surface area contributed by atoms with Gasteiger partial charge in [-0.15, -0.1) is 0 Å². The molecule has 3 heterocycles. The smallest absolute Gasteiger partial charge is 0.234 e. The predicted octanol–water partition coefficient (Wildman–Crippen LogP) is 0.482. The van der Waals surface area contributed by atoms with Gasteiger partial charge in [-0.3, -0.25) is 40.4 Å². The van der Waals surface area contributed by atoms with Gasteiger partial charge in [0, 0.05) is 25.7 Å². The van der Waals surface area contributed by atoms with E-state index in [2.05, 4.69) is 51.2 Å². The molecular formula is C18H22N10O4. The summed E-state index contributed by atoms with van der Waals surface area (Å²) in [5.74, 6) is -1.01. The lowest BCUT2D eigenvalue weighted by Gasteiger charge is -2.09. The number of carbonyl (C=O) groups excluding carboxylic acids is 4. The maximum atomic E-state index is 12.2. The molecular weight excluding hydrogens is 420 g/mol. The Hall–Kier alpha value is -4.10. The molecule has 0 saturated carbocycles. The SMILES string of the molecule is Cc1nc2nc(n1)NC(=O)CCCC(=O)Nc1nc(C)nc(n1)NC(=O)CCCC(=O)N2. The average molecular weight is 442 g/mol. The number of nitrogens with zero attached hydrogens (tertiary/aromatic N) is 6. The first kappa shape index (κ1) is 22.6. The molecule has 0 fully saturated rings. The summed E-state index contributed by atoms with van der Waals surface area (Å²) in [5, 5.41) is 10.1. The highest BCUT2D eigenvalue weighted by Crippen LogP contribution is 2.11. The molecule has 4 N–H and O–H groups in total. The first-order valence-electron chi connectivity index (χ1n) is 9.91. The van der Waals surface area contributed by atoms with Crippen LogP contribution >= 0.6 is 0 Å². The van der Waals surface area contributed by atoms with Crippen molar-refractivity contribution in [3.05, 3.63) is 11.6 Å². The van der Waals surface area contributed by atoms with Crippen molar-refractivity contribution in [2.75, 3.05) is 21.3 Å². The highest BCUT2D eigenvalue weighted by atomic mass is 16.2. The standard InChI is InChI=1S/C18H22N10O4/c1-9-19-15-23-11(29)5-3-7-13(31)25-17-21-10(2)22-18(28-17)26-14(32)8-4-6-12(30)24-16(20-9)27-15/h3-8H2,1-2H3,(H2,19,20,23,24,27,29,30)(H2,21,22,25,26,28,31,32). The van der Waals surface area contributed by atoms with Crippen molar-refractivity contribution in [1.29, 1.82) is 0 Å². The van der Waals surface area contributed by atoms with Crippen LogP contribution in [0, 0.1) is 13.8 Å². The van der Waals surface area contributed by atoms with Gasteiger partial charge in [0.25, 0.3) is 0 Å². The van der Waals surface area contributed by atoms with Gasteiger partial charge in [-0.05, 0) is 26.7 Å². The number of hydrogen-bond donors (Lipinski definition) is 4. The molecule has 14 nitrogen and oxygen atoms in total. The van der Waals surface area contributed by atoms with Gasteiger partial charge < -0.3 is 0 Å². The van der Waals surface area contributed by atoms with E-state index in [-0.39, 0.29) is 62.3 Å². The van der Waals surface area contributed by atoms with Gasteiger partial charge >= 0.3 is 0 Å². The Labute approximate surface area is 182 Å². The fraction of sp³-hybridized carbons (Fsp3) is 0.444. The zero-order valence-electron chi connectivity index (χ0n) is 17.6. The minimum absolute atomic E-state index is 0.00998. The maximum Gasteiger partial charge on any atom is 0.234 e. The molecule has 4 bridgehead atoms. The number of anilines is 4. The fourth-order valence-corrected chi connectivity index (χ4v) is 2.76. The molecule has 32 heavy (non-hydrogen) atoms. The summed E-state index contributed by atoms with van der Waals surface area (Å²) in [6, 6.07) is 0. The van der Waals surface area contributed by atoms with E-state index >= 15 is 0 Å². The fourth-order valence-electron chi connectivity index (χ4n) is 2.76. The number of hydrogen-bond acceptors (Lipinski definition) is 10. The molecule has 0 radical (unpaired) electrons. The summed E-state index contributed by atoms with van der Waals surface area (Å²) >= 11 is 0. The first-order valence-corrected chi connectivity index (χ1v) is 9.91. The third-order valence-electron chi connectivity index (χ3n) is 4.11. The van der Waals surface area contributed by atoms with Gasteiger partial charge in [0.2, 0.25) is 47.4 Å². The lowest BCUT2D eigenvalue weighted by molar-refractivity contribution is -0.119. The van der Waals surface area contributed by atoms with Gasteiger partial charge in [-0.25, -0.2) is 0 Å². The Morgan fingerprint density at radius 1 is 0.469 bits per heavy atom. The number of fused-ring (bicyclic) bond motifs is 4. The van der Waals surface area contributed by atoms with Crippen LogP contribution < -0.4 is 21.3 Å². The summed E-state index contributed by atoms with van der Waals surface area (Å²) in [6.07, 6.45) is 0.654. The molecule has 1 aliphatic rings. The number of nitrogens with one attached hydrogen (secondary N) is 4. The summed E-state index contributed by atoms with van der Waals surface area (Å²) in [7, 11) is 0. The molecule has 2 aromatic heterocycles. The van der Waals surface area contributed by atoms with Crippen LogP contribution in [0.2, 0.25) is 0 Å². The number of carbonyl (C=O) groups is 4. The van der Waals surface area contributed by atoms with Crippen LogP contribution in [0.4, 0.5) is 23.8 Å². The van der Waals surface area contributed by atoms with Crippen LogP contribution in [0.1, 0.15) is 50.2 Å². The zero-order chi connectivity index (χ0) is 23.1. The summed E-state index contributed by atoms with van der Waals surface area (Å²) in [5.41, 5.74) is 0. The molecule has 0 saturated heterocycles. The highest BCUT2D eigenvalue weighted by Gasteiger charge is 2.14. The summed E-state index contributed by atoms with van der Waals surface area (Å²) in [4.78, 5) is 72.7. The van der Waals surface area contributed by atoms with E-state index in [9.17, 15) is 19.2 Å². The van der Waals surface area contributed by atoms with Crippen molar-refractivity contribution in [1.82, 2.24) is 29.9 Å². The normalized spacial score (nSPS) is 16.3. The second kappa shape index (κ2) is 10.3. The van der Waals surface area contributed by atoms with E-state index in [1.54, 1.807) is 13.8 Å². The van der Waals surface area contributed by atoms with Gasteiger partial charge in [0.1, 0.15) is 11.6 Å². The Morgan fingerprint density at radius 2 is 0.719 bits per heavy atom. The van der Waals surface area contributed by atoms with Gasteiger partial charge in [0.05, 0.1) is 0 Å². The van der Waals surface area contributed by atoms with Crippen molar-refractivity contribution >= 4 is 47.4 Å². The van der Waals surface area contributed by atoms with Crippen LogP contribution in [-0.4, -0.2) is 53.5 Å². The Balaban J connectivity index is 1.76. The summed E-state index contributed by atoms with van der Waals surface area (Å²) in [6.45, 7) is 3.18. The molecule has 0 aromatic carbocycles. The number of rotatable bonds is 0. The Morgan fingerprint density at radius 3 is 0.969 bits per heavy atom. The molecule has 0 unspecified atom stereocenters. The minimum atomic E-state index is -0.393. The van der Waals surface area contributed by atoms with Crippen molar-refractivity contribution < 1.29 is 19.2 Å². The predicted molar refractivity (Wildman–Crippen MR) is 111 cm³/mol. The molecule has 1 aliphatic heterocycles. The van der Waals surface area contributed by atoms with Gasteiger partial charge in [-0.1, -0.05) is 0 Å². The lowest BCUT2D eigenvalue weighted by Crippen LogP contribution is -2.21. The lowest BCUT2D eigenvalue weighted by atomic mass is 10.2. The van der Waals surface area contributed by atoms with Gasteiger partial charge in [-0.2, -0.15) is 29.9 Å². The quantitative estimate of drug-likeness (QED) is 0.446. The third-order valence-corrected chi connectivity index (χ3v) is 4.11. The van der Waals surface area contributed by atoms with E-state index in [4.69, 9.17) is 0 Å². The molecule has 2 aromatic rings. The topological polar surface area (TPSA) is 194 Å². The molecule has 4 amide bonds. The van der Waals surface area contributed by atoms with Crippen LogP contribution in [0.3, 0.4) is 0 Å². The largest absolute Gasteiger partial charge is 0.294 e. The molecule has 3 rings (SSSR count). The highest BCUT2D eigenvalue weighted by molar-refractivity contribution is 5.93. The molecule has 0 aliphatic carbocycles. The third kappa shape index (κ3) is 7.00. The Bertz CT molecular complexity index is 902. The Kier molecular flexibility index (Phi) is 7.25. The number of amides is 4. The van der Waals surface area contributed by atoms with Crippen LogP contribution in [-0.2, 0) is 19.2 Å². The van der Waals surface area contributed by atoms with E-state index in [0.717, 1.165) is 0 Å². The van der Waals surface area contributed by atoms with E-state index in [1.807, 2.05) is 0 Å². The minimum Gasteiger partial charge on any atom is -0.294 e. The van der Waals surface area contributed by atoms with Crippen LogP contribution in [0.15, 0.2) is 0 Å². The zero-order valence-corrected chi connectivity index (χ0v) is 17.6. The second-order valence-corrected chi connectivity index (χ2v) is 6.96. The molecule has 0 atom stereocenters. The monoisotopic (exact) mass is 442 g/mol. The number of aryl methyl sites for hydroxylation is 2. The van der Waals surface area contributed by atoms with E-state index in [0.29, 0.717) is 11.6 Å². The average Bonchev–Trinajstić information content (AvgIpc) is 2.66. The van der Waals surface area contributed by atoms with E-state index in [1.165, 1.54) is 0 Å². The van der Waals surface area contributed by atoms with Gasteiger partial charge in [0.15, 0.2) is 0 Å². The number of aromatic nitrogens is 6. The second-order valence-electron chi connectivity index (χ2n) is 6.96. The molecule has 168 valence electrons. The van der Waals surface area contributed by atoms with Crippen molar-refractivity contribution in [2.45, 2.75) is 52.4 Å².